The molecular formula is C26H31N3O4S. The molecule has 1 saturated heterocycles. The van der Waals surface area contributed by atoms with E-state index in [1.807, 2.05) is 56.3 Å². The largest absolute Gasteiger partial charge is 0.376 e. The summed E-state index contributed by atoms with van der Waals surface area (Å²) in [5.74, 6) is -0.214. The predicted octanol–water partition coefficient (Wildman–Crippen LogP) is 4.01. The van der Waals surface area contributed by atoms with Gasteiger partial charge in [-0.3, -0.25) is 4.79 Å². The van der Waals surface area contributed by atoms with Gasteiger partial charge in [0.05, 0.1) is 36.8 Å². The Morgan fingerprint density at radius 2 is 1.88 bits per heavy atom. The van der Waals surface area contributed by atoms with Crippen LogP contribution in [0.5, 0.6) is 0 Å². The molecule has 34 heavy (non-hydrogen) atoms. The lowest BCUT2D eigenvalue weighted by Gasteiger charge is -2.23. The molecule has 0 radical (unpaired) electrons. The highest BCUT2D eigenvalue weighted by atomic mass is 32.2. The van der Waals surface area contributed by atoms with E-state index in [9.17, 15) is 13.2 Å². The van der Waals surface area contributed by atoms with Gasteiger partial charge in [0, 0.05) is 18.7 Å². The van der Waals surface area contributed by atoms with Crippen LogP contribution in [0.1, 0.15) is 46.9 Å². The molecule has 1 aromatic heterocycles. The topological polar surface area (TPSA) is 81.5 Å². The molecule has 1 aliphatic heterocycles. The molecule has 2 heterocycles. The van der Waals surface area contributed by atoms with E-state index in [1.54, 1.807) is 27.8 Å². The summed E-state index contributed by atoms with van der Waals surface area (Å²) >= 11 is 0. The Labute approximate surface area is 201 Å². The third-order valence-corrected chi connectivity index (χ3v) is 7.78. The number of amides is 1. The number of ether oxygens (including phenoxy) is 1. The Morgan fingerprint density at radius 1 is 1.15 bits per heavy atom. The summed E-state index contributed by atoms with van der Waals surface area (Å²) in [6, 6.07) is 16.6. The Bertz CT molecular complexity index is 1230. The molecule has 0 saturated carbocycles. The standard InChI is InChI=1S/C26H31N3O4S/c1-3-28(25(30)24-14-8-7-10-20(24)2)17-22-16-27-26(29(22)18-23-13-9-15-33-23)34(31,32)19-21-11-5-4-6-12-21/h4-8,10-12,14,16,23H,3,9,13,15,17-19H2,1-2H3/t23-/m1/s1. The summed E-state index contributed by atoms with van der Waals surface area (Å²) in [5.41, 5.74) is 2.95. The first-order valence-corrected chi connectivity index (χ1v) is 13.3. The second kappa shape index (κ2) is 10.5. The van der Waals surface area contributed by atoms with Gasteiger partial charge in [0.2, 0.25) is 15.0 Å². The van der Waals surface area contributed by atoms with E-state index >= 15 is 0 Å². The summed E-state index contributed by atoms with van der Waals surface area (Å²) in [6.45, 7) is 5.66. The van der Waals surface area contributed by atoms with Gasteiger partial charge in [0.1, 0.15) is 0 Å². The van der Waals surface area contributed by atoms with Crippen LogP contribution in [0.4, 0.5) is 0 Å². The SMILES string of the molecule is CCN(Cc1cnc(S(=O)(=O)Cc2ccccc2)n1C[C@H]1CCCO1)C(=O)c1ccccc1C. The van der Waals surface area contributed by atoms with Gasteiger partial charge in [-0.15, -0.1) is 0 Å². The van der Waals surface area contributed by atoms with Crippen molar-refractivity contribution in [2.24, 2.45) is 0 Å². The molecular weight excluding hydrogens is 450 g/mol. The monoisotopic (exact) mass is 481 g/mol. The van der Waals surface area contributed by atoms with Gasteiger partial charge in [0.15, 0.2) is 0 Å². The van der Waals surface area contributed by atoms with Gasteiger partial charge in [-0.25, -0.2) is 13.4 Å². The molecule has 0 bridgehead atoms. The minimum Gasteiger partial charge on any atom is -0.376 e. The first kappa shape index (κ1) is 24.2. The molecule has 0 spiro atoms. The lowest BCUT2D eigenvalue weighted by Crippen LogP contribution is -2.32. The number of aryl methyl sites for hydroxylation is 1. The second-order valence-electron chi connectivity index (χ2n) is 8.66. The quantitative estimate of drug-likeness (QED) is 0.461. The zero-order valence-electron chi connectivity index (χ0n) is 19.7. The van der Waals surface area contributed by atoms with Crippen molar-refractivity contribution >= 4 is 15.7 Å². The van der Waals surface area contributed by atoms with Gasteiger partial charge in [-0.1, -0.05) is 48.5 Å². The van der Waals surface area contributed by atoms with Crippen molar-refractivity contribution in [3.8, 4) is 0 Å². The van der Waals surface area contributed by atoms with Crippen molar-refractivity contribution in [3.05, 3.63) is 83.2 Å². The maximum Gasteiger partial charge on any atom is 0.254 e. The lowest BCUT2D eigenvalue weighted by molar-refractivity contribution is 0.0740. The van der Waals surface area contributed by atoms with Crippen molar-refractivity contribution in [1.29, 1.82) is 0 Å². The molecule has 0 N–H and O–H groups in total. The fraction of sp³-hybridized carbons (Fsp3) is 0.385. The maximum absolute atomic E-state index is 13.4. The molecule has 3 aromatic rings. The minimum absolute atomic E-state index is 0.0289. The summed E-state index contributed by atoms with van der Waals surface area (Å²) < 4.78 is 34.3. The number of hydrogen-bond donors (Lipinski definition) is 0. The highest BCUT2D eigenvalue weighted by molar-refractivity contribution is 7.90. The lowest BCUT2D eigenvalue weighted by atomic mass is 10.1. The molecule has 1 aliphatic rings. The normalized spacial score (nSPS) is 16.0. The molecule has 1 amide bonds. The zero-order valence-corrected chi connectivity index (χ0v) is 20.5. The molecule has 180 valence electrons. The van der Waals surface area contributed by atoms with Gasteiger partial charge in [-0.2, -0.15) is 0 Å². The number of nitrogens with zero attached hydrogens (tertiary/aromatic N) is 3. The van der Waals surface area contributed by atoms with E-state index in [2.05, 4.69) is 4.98 Å². The molecule has 0 aliphatic carbocycles. The van der Waals surface area contributed by atoms with Crippen molar-refractivity contribution in [2.75, 3.05) is 13.2 Å². The molecule has 1 atom stereocenters. The average Bonchev–Trinajstić information content (AvgIpc) is 3.48. The van der Waals surface area contributed by atoms with Crippen LogP contribution >= 0.6 is 0 Å². The summed E-state index contributed by atoms with van der Waals surface area (Å²) in [5, 5.41) is 0.0289. The highest BCUT2D eigenvalue weighted by Crippen LogP contribution is 2.23. The van der Waals surface area contributed by atoms with Gasteiger partial charge >= 0.3 is 0 Å². The highest BCUT2D eigenvalue weighted by Gasteiger charge is 2.28. The number of aromatic nitrogens is 2. The van der Waals surface area contributed by atoms with E-state index in [0.29, 0.717) is 36.5 Å². The Morgan fingerprint density at radius 3 is 2.56 bits per heavy atom. The first-order valence-electron chi connectivity index (χ1n) is 11.7. The summed E-state index contributed by atoms with van der Waals surface area (Å²) in [4.78, 5) is 19.3. The van der Waals surface area contributed by atoms with Crippen LogP contribution in [-0.4, -0.2) is 48.0 Å². The average molecular weight is 482 g/mol. The Balaban J connectivity index is 1.65. The Kier molecular flexibility index (Phi) is 7.48. The van der Waals surface area contributed by atoms with E-state index < -0.39 is 9.84 Å². The number of sulfone groups is 1. The van der Waals surface area contributed by atoms with E-state index in [-0.39, 0.29) is 29.5 Å². The summed E-state index contributed by atoms with van der Waals surface area (Å²) in [7, 11) is -3.69. The van der Waals surface area contributed by atoms with E-state index in [1.165, 1.54) is 0 Å². The van der Waals surface area contributed by atoms with Crippen LogP contribution in [0.15, 0.2) is 66.0 Å². The minimum atomic E-state index is -3.69. The molecule has 8 heteroatoms. The van der Waals surface area contributed by atoms with Crippen LogP contribution < -0.4 is 0 Å². The van der Waals surface area contributed by atoms with Crippen molar-refractivity contribution in [3.63, 3.8) is 0 Å². The zero-order chi connectivity index (χ0) is 24.1. The van der Waals surface area contributed by atoms with E-state index in [0.717, 1.165) is 18.4 Å². The summed E-state index contributed by atoms with van der Waals surface area (Å²) in [6.07, 6.45) is 3.34. The number of hydrogen-bond acceptors (Lipinski definition) is 5. The third-order valence-electron chi connectivity index (χ3n) is 6.19. The third kappa shape index (κ3) is 5.39. The molecule has 2 aromatic carbocycles. The fourth-order valence-corrected chi connectivity index (χ4v) is 5.82. The second-order valence-corrected chi connectivity index (χ2v) is 10.5. The number of carbonyl (C=O) groups is 1. The first-order chi connectivity index (χ1) is 16.4. The van der Waals surface area contributed by atoms with Gasteiger partial charge in [-0.05, 0) is 43.9 Å². The van der Waals surface area contributed by atoms with E-state index in [4.69, 9.17) is 4.74 Å². The van der Waals surface area contributed by atoms with Gasteiger partial charge < -0.3 is 14.2 Å². The fourth-order valence-electron chi connectivity index (χ4n) is 4.32. The van der Waals surface area contributed by atoms with Crippen LogP contribution in [0.2, 0.25) is 0 Å². The predicted molar refractivity (Wildman–Crippen MR) is 130 cm³/mol. The van der Waals surface area contributed by atoms with Crippen molar-refractivity contribution < 1.29 is 17.9 Å². The molecule has 4 rings (SSSR count). The van der Waals surface area contributed by atoms with Gasteiger partial charge in [0.25, 0.3) is 5.91 Å². The van der Waals surface area contributed by atoms with Crippen LogP contribution in [-0.2, 0) is 33.4 Å². The van der Waals surface area contributed by atoms with Crippen LogP contribution in [0.3, 0.4) is 0 Å². The van der Waals surface area contributed by atoms with Crippen molar-refractivity contribution in [1.82, 2.24) is 14.5 Å². The molecule has 0 unspecified atom stereocenters. The van der Waals surface area contributed by atoms with Crippen LogP contribution in [0, 0.1) is 6.92 Å². The maximum atomic E-state index is 13.4. The number of benzene rings is 2. The molecule has 1 fully saturated rings. The number of rotatable bonds is 9. The molecule has 7 nitrogen and oxygen atoms in total. The van der Waals surface area contributed by atoms with Crippen molar-refractivity contribution in [2.45, 2.75) is 56.8 Å². The Hall–Kier alpha value is -2.97. The number of carbonyl (C=O) groups excluding carboxylic acids is 1. The number of imidazole rings is 1. The van der Waals surface area contributed by atoms with Crippen LogP contribution in [0.25, 0.3) is 0 Å². The smallest absolute Gasteiger partial charge is 0.254 e.